The molecule has 5 nitrogen and oxygen atoms in total. The zero-order valence-electron chi connectivity index (χ0n) is 11.8. The fourth-order valence-corrected chi connectivity index (χ4v) is 2.58. The van der Waals surface area contributed by atoms with Crippen molar-refractivity contribution in [3.63, 3.8) is 0 Å². The number of halogens is 2. The largest absolute Gasteiger partial charge is 0.346 e. The molecule has 1 aliphatic rings. The molecule has 1 aliphatic heterocycles. The van der Waals surface area contributed by atoms with E-state index in [-0.39, 0.29) is 11.8 Å². The Morgan fingerprint density at radius 2 is 2.14 bits per heavy atom. The number of carbonyl (C=O) groups excluding carboxylic acids is 2. The number of nitrogens with zero attached hydrogens (tertiary/aromatic N) is 1. The predicted molar refractivity (Wildman–Crippen MR) is 81.5 cm³/mol. The monoisotopic (exact) mass is 330 g/mol. The summed E-state index contributed by atoms with van der Waals surface area (Å²) in [7, 11) is 1.74. The quantitative estimate of drug-likeness (QED) is 0.814. The second kappa shape index (κ2) is 7.11. The minimum absolute atomic E-state index is 0.00353. The van der Waals surface area contributed by atoms with Crippen molar-refractivity contribution in [2.24, 2.45) is 0 Å². The van der Waals surface area contributed by atoms with Gasteiger partial charge >= 0.3 is 0 Å². The Labute approximate surface area is 133 Å². The molecule has 2 N–H and O–H groups in total. The van der Waals surface area contributed by atoms with E-state index >= 15 is 0 Å². The summed E-state index contributed by atoms with van der Waals surface area (Å²) >= 11 is 11.8. The molecule has 1 heterocycles. The maximum absolute atomic E-state index is 12.2. The topological polar surface area (TPSA) is 53.9 Å². The van der Waals surface area contributed by atoms with Crippen LogP contribution in [0.15, 0.2) is 18.2 Å². The molecule has 1 aromatic rings. The van der Waals surface area contributed by atoms with E-state index in [1.807, 2.05) is 6.07 Å². The van der Waals surface area contributed by atoms with Gasteiger partial charge in [0.25, 0.3) is 11.8 Å². The minimum Gasteiger partial charge on any atom is -0.346 e. The van der Waals surface area contributed by atoms with Crippen LogP contribution in [0, 0.1) is 0 Å². The first-order chi connectivity index (χ1) is 9.95. The molecule has 2 amide bonds. The lowest BCUT2D eigenvalue weighted by molar-refractivity contribution is -0.885. The van der Waals surface area contributed by atoms with Gasteiger partial charge < -0.3 is 15.1 Å². The number of likely N-dealkylation sites (N-methyl/N-ethyl adjacent to an activating group) is 1. The Balaban J connectivity index is 1.89. The van der Waals surface area contributed by atoms with Crippen LogP contribution in [0.4, 0.5) is 0 Å². The highest BCUT2D eigenvalue weighted by Crippen LogP contribution is 2.23. The fourth-order valence-electron chi connectivity index (χ4n) is 2.26. The van der Waals surface area contributed by atoms with Crippen molar-refractivity contribution in [3.8, 4) is 0 Å². The summed E-state index contributed by atoms with van der Waals surface area (Å²) < 4.78 is 0. The maximum Gasteiger partial charge on any atom is 0.277 e. The number of quaternary nitrogens is 1. The first-order valence-electron chi connectivity index (χ1n) is 6.74. The molecule has 114 valence electrons. The highest BCUT2D eigenvalue weighted by Gasteiger charge is 2.23. The van der Waals surface area contributed by atoms with Gasteiger partial charge in [0.1, 0.15) is 0 Å². The van der Waals surface area contributed by atoms with Gasteiger partial charge in [-0.15, -0.1) is 0 Å². The molecule has 1 unspecified atom stereocenters. The molecule has 0 saturated carbocycles. The lowest BCUT2D eigenvalue weighted by atomic mass is 10.2. The third-order valence-corrected chi connectivity index (χ3v) is 4.18. The van der Waals surface area contributed by atoms with Crippen molar-refractivity contribution in [2.45, 2.75) is 6.54 Å². The van der Waals surface area contributed by atoms with E-state index in [1.54, 1.807) is 24.1 Å². The summed E-state index contributed by atoms with van der Waals surface area (Å²) in [4.78, 5) is 26.1. The zero-order valence-corrected chi connectivity index (χ0v) is 13.3. The van der Waals surface area contributed by atoms with Crippen molar-refractivity contribution in [1.29, 1.82) is 0 Å². The molecule has 0 radical (unpaired) electrons. The number of rotatable bonds is 4. The predicted octanol–water partition coefficient (Wildman–Crippen LogP) is -0.0335. The van der Waals surface area contributed by atoms with Crippen molar-refractivity contribution >= 4 is 35.0 Å². The second-order valence-corrected chi connectivity index (χ2v) is 6.02. The van der Waals surface area contributed by atoms with Gasteiger partial charge in [0.2, 0.25) is 0 Å². The molecule has 1 fully saturated rings. The molecule has 1 atom stereocenters. The molecule has 2 rings (SSSR count). The van der Waals surface area contributed by atoms with Gasteiger partial charge in [0.15, 0.2) is 13.1 Å². The summed E-state index contributed by atoms with van der Waals surface area (Å²) in [6.07, 6.45) is 0. The molecule has 21 heavy (non-hydrogen) atoms. The first kappa shape index (κ1) is 16.1. The summed E-state index contributed by atoms with van der Waals surface area (Å²) in [5.74, 6) is 0.00181. The molecule has 7 heteroatoms. The molecule has 0 bridgehead atoms. The van der Waals surface area contributed by atoms with E-state index < -0.39 is 0 Å². The summed E-state index contributed by atoms with van der Waals surface area (Å²) in [6.45, 7) is 2.54. The van der Waals surface area contributed by atoms with E-state index in [0.29, 0.717) is 36.2 Å². The number of carbonyl (C=O) groups is 2. The van der Waals surface area contributed by atoms with Crippen molar-refractivity contribution in [1.82, 2.24) is 10.2 Å². The summed E-state index contributed by atoms with van der Waals surface area (Å²) in [6, 6.07) is 5.33. The van der Waals surface area contributed by atoms with Gasteiger partial charge in [-0.1, -0.05) is 29.3 Å². The lowest BCUT2D eigenvalue weighted by Gasteiger charge is -2.25. The smallest absolute Gasteiger partial charge is 0.277 e. The highest BCUT2D eigenvalue weighted by molar-refractivity contribution is 6.42. The van der Waals surface area contributed by atoms with Crippen molar-refractivity contribution in [2.75, 3.05) is 33.2 Å². The SMILES string of the molecule is CN(Cc1ccc(Cl)c(Cl)c1)C(=O)C[NH+]1CCNC(=O)C1. The Morgan fingerprint density at radius 1 is 1.38 bits per heavy atom. The lowest BCUT2D eigenvalue weighted by Crippen LogP contribution is -3.16. The van der Waals surface area contributed by atoms with Gasteiger partial charge in [-0.3, -0.25) is 9.59 Å². The Hall–Kier alpha value is -1.30. The van der Waals surface area contributed by atoms with E-state index in [9.17, 15) is 9.59 Å². The average Bonchev–Trinajstić information content (AvgIpc) is 2.43. The van der Waals surface area contributed by atoms with Crippen LogP contribution in [0.3, 0.4) is 0 Å². The van der Waals surface area contributed by atoms with Crippen LogP contribution in [-0.2, 0) is 16.1 Å². The van der Waals surface area contributed by atoms with Crippen LogP contribution in [-0.4, -0.2) is 49.9 Å². The molecule has 0 spiro atoms. The zero-order chi connectivity index (χ0) is 15.4. The normalized spacial score (nSPS) is 18.2. The Bertz CT molecular complexity index is 551. The number of hydrogen-bond donors (Lipinski definition) is 2. The Kier molecular flexibility index (Phi) is 5.45. The van der Waals surface area contributed by atoms with Crippen LogP contribution >= 0.6 is 23.2 Å². The van der Waals surface area contributed by atoms with E-state index in [4.69, 9.17) is 23.2 Å². The first-order valence-corrected chi connectivity index (χ1v) is 7.49. The van der Waals surface area contributed by atoms with E-state index in [0.717, 1.165) is 17.0 Å². The second-order valence-electron chi connectivity index (χ2n) is 5.20. The number of hydrogen-bond acceptors (Lipinski definition) is 2. The van der Waals surface area contributed by atoms with Gasteiger partial charge in [0.05, 0.1) is 23.1 Å². The minimum atomic E-state index is -0.00353. The third-order valence-electron chi connectivity index (χ3n) is 3.44. The highest BCUT2D eigenvalue weighted by atomic mass is 35.5. The number of benzene rings is 1. The van der Waals surface area contributed by atoms with E-state index in [1.165, 1.54) is 0 Å². The number of piperazine rings is 1. The van der Waals surface area contributed by atoms with E-state index in [2.05, 4.69) is 5.32 Å². The van der Waals surface area contributed by atoms with Crippen LogP contribution in [0.1, 0.15) is 5.56 Å². The number of nitrogens with one attached hydrogen (secondary N) is 2. The number of amides is 2. The van der Waals surface area contributed by atoms with Crippen molar-refractivity contribution in [3.05, 3.63) is 33.8 Å². The van der Waals surface area contributed by atoms with Crippen LogP contribution in [0.25, 0.3) is 0 Å². The van der Waals surface area contributed by atoms with Gasteiger partial charge in [-0.05, 0) is 17.7 Å². The average molecular weight is 331 g/mol. The van der Waals surface area contributed by atoms with Crippen LogP contribution < -0.4 is 10.2 Å². The summed E-state index contributed by atoms with van der Waals surface area (Å²) in [5.41, 5.74) is 0.923. The molecular weight excluding hydrogens is 313 g/mol. The standard InChI is InChI=1S/C14H17Cl2N3O2/c1-18(7-10-2-3-11(15)12(16)6-10)14(21)9-19-5-4-17-13(20)8-19/h2-3,6H,4-5,7-9H2,1H3,(H,17,20)/p+1. The van der Waals surface area contributed by atoms with Gasteiger partial charge in [0, 0.05) is 13.6 Å². The summed E-state index contributed by atoms with van der Waals surface area (Å²) in [5, 5.41) is 3.73. The molecule has 1 saturated heterocycles. The third kappa shape index (κ3) is 4.59. The van der Waals surface area contributed by atoms with Crippen LogP contribution in [0.2, 0.25) is 10.0 Å². The van der Waals surface area contributed by atoms with Crippen molar-refractivity contribution < 1.29 is 14.5 Å². The molecule has 1 aromatic carbocycles. The van der Waals surface area contributed by atoms with Gasteiger partial charge in [-0.25, -0.2) is 0 Å². The molecule has 0 aromatic heterocycles. The van der Waals surface area contributed by atoms with Gasteiger partial charge in [-0.2, -0.15) is 0 Å². The maximum atomic E-state index is 12.2. The fraction of sp³-hybridized carbons (Fsp3) is 0.429. The Morgan fingerprint density at radius 3 is 2.81 bits per heavy atom. The molecule has 0 aliphatic carbocycles. The van der Waals surface area contributed by atoms with Crippen LogP contribution in [0.5, 0.6) is 0 Å². The molecular formula is C14H18Cl2N3O2+.